The highest BCUT2D eigenvalue weighted by Gasteiger charge is 2.54. The Labute approximate surface area is 111 Å². The summed E-state index contributed by atoms with van der Waals surface area (Å²) in [6.07, 6.45) is 6.68. The zero-order valence-electron chi connectivity index (χ0n) is 11.1. The maximum atomic E-state index is 12.6. The Morgan fingerprint density at radius 1 is 1.26 bits per heavy atom. The summed E-state index contributed by atoms with van der Waals surface area (Å²) in [4.78, 5) is 23.1. The van der Waals surface area contributed by atoms with Gasteiger partial charge in [-0.2, -0.15) is 0 Å². The highest BCUT2D eigenvalue weighted by atomic mass is 16.2. The molecule has 3 heterocycles. The van der Waals surface area contributed by atoms with Gasteiger partial charge in [-0.3, -0.25) is 14.8 Å². The molecular formula is C15H15N3O. The Morgan fingerprint density at radius 3 is 2.74 bits per heavy atom. The molecular weight excluding hydrogens is 238 g/mol. The van der Waals surface area contributed by atoms with Crippen LogP contribution in [0.25, 0.3) is 10.9 Å². The van der Waals surface area contributed by atoms with Crippen molar-refractivity contribution in [3.05, 3.63) is 29.7 Å². The summed E-state index contributed by atoms with van der Waals surface area (Å²) >= 11 is 0. The van der Waals surface area contributed by atoms with Crippen LogP contribution in [0.3, 0.4) is 0 Å². The fraction of sp³-hybridized carbons (Fsp3) is 0.400. The highest BCUT2D eigenvalue weighted by molar-refractivity contribution is 6.12. The molecule has 0 aromatic carbocycles. The normalized spacial score (nSPS) is 19.9. The van der Waals surface area contributed by atoms with Crippen molar-refractivity contribution >= 4 is 22.5 Å². The van der Waals surface area contributed by atoms with E-state index in [-0.39, 0.29) is 11.3 Å². The van der Waals surface area contributed by atoms with Gasteiger partial charge in [0.25, 0.3) is 0 Å². The Kier molecular flexibility index (Phi) is 1.91. The number of anilines is 1. The maximum absolute atomic E-state index is 12.6. The second kappa shape index (κ2) is 3.32. The minimum Gasteiger partial charge on any atom is -0.313 e. The van der Waals surface area contributed by atoms with Gasteiger partial charge in [-0.15, -0.1) is 0 Å². The highest BCUT2D eigenvalue weighted by Crippen LogP contribution is 2.54. The van der Waals surface area contributed by atoms with E-state index in [1.54, 1.807) is 11.1 Å². The second-order valence-corrected chi connectivity index (χ2v) is 5.66. The summed E-state index contributed by atoms with van der Waals surface area (Å²) in [5.41, 5.74) is 3.74. The van der Waals surface area contributed by atoms with Gasteiger partial charge >= 0.3 is 0 Å². The third kappa shape index (κ3) is 1.17. The average molecular weight is 253 g/mol. The minimum absolute atomic E-state index is 0.234. The van der Waals surface area contributed by atoms with Crippen molar-refractivity contribution in [3.63, 3.8) is 0 Å². The fourth-order valence-corrected chi connectivity index (χ4v) is 3.48. The lowest BCUT2D eigenvalue weighted by Gasteiger charge is -2.37. The number of aromatic nitrogens is 2. The number of likely N-dealkylation sites (N-methyl/N-ethyl adjacent to an activating group) is 1. The molecule has 1 amide bonds. The van der Waals surface area contributed by atoms with Gasteiger partial charge in [-0.05, 0) is 25.8 Å². The van der Waals surface area contributed by atoms with Crippen LogP contribution in [0.5, 0.6) is 0 Å². The van der Waals surface area contributed by atoms with Crippen LogP contribution in [-0.2, 0) is 10.2 Å². The van der Waals surface area contributed by atoms with Crippen LogP contribution < -0.4 is 4.90 Å². The number of pyridine rings is 2. The quantitative estimate of drug-likeness (QED) is 0.724. The first-order valence-corrected chi connectivity index (χ1v) is 6.67. The molecule has 4 nitrogen and oxygen atoms in total. The summed E-state index contributed by atoms with van der Waals surface area (Å²) in [5, 5.41) is 1.10. The van der Waals surface area contributed by atoms with Crippen LogP contribution in [0.15, 0.2) is 18.5 Å². The van der Waals surface area contributed by atoms with Gasteiger partial charge in [-0.1, -0.05) is 6.42 Å². The maximum Gasteiger partial charge on any atom is 0.237 e. The smallest absolute Gasteiger partial charge is 0.237 e. The van der Waals surface area contributed by atoms with Gasteiger partial charge in [0.15, 0.2) is 0 Å². The minimum atomic E-state index is -0.279. The van der Waals surface area contributed by atoms with E-state index >= 15 is 0 Å². The Balaban J connectivity index is 2.12. The summed E-state index contributed by atoms with van der Waals surface area (Å²) < 4.78 is 0. The monoisotopic (exact) mass is 253 g/mol. The molecule has 2 aliphatic rings. The van der Waals surface area contributed by atoms with Gasteiger partial charge in [-0.25, -0.2) is 0 Å². The number of fused-ring (bicyclic) bond motifs is 4. The van der Waals surface area contributed by atoms with Crippen LogP contribution in [0.4, 0.5) is 5.69 Å². The topological polar surface area (TPSA) is 46.1 Å². The summed E-state index contributed by atoms with van der Waals surface area (Å²) in [5.74, 6) is 0.234. The molecule has 2 aromatic heterocycles. The van der Waals surface area contributed by atoms with Crippen LogP contribution >= 0.6 is 0 Å². The van der Waals surface area contributed by atoms with E-state index in [0.29, 0.717) is 0 Å². The summed E-state index contributed by atoms with van der Waals surface area (Å²) in [6, 6.07) is 2.06. The van der Waals surface area contributed by atoms with Gasteiger partial charge in [0.1, 0.15) is 0 Å². The number of carbonyl (C=O) groups excluding carboxylic acids is 1. The van der Waals surface area contributed by atoms with E-state index in [2.05, 4.69) is 16.0 Å². The molecule has 1 aliphatic carbocycles. The number of hydrogen-bond donors (Lipinski definition) is 0. The number of carbonyl (C=O) groups is 1. The molecule has 0 radical (unpaired) electrons. The third-order valence-corrected chi connectivity index (χ3v) is 4.63. The Bertz CT molecular complexity index is 719. The Hall–Kier alpha value is -1.97. The number of rotatable bonds is 0. The number of amides is 1. The van der Waals surface area contributed by atoms with Crippen molar-refractivity contribution in [3.8, 4) is 0 Å². The zero-order valence-corrected chi connectivity index (χ0v) is 11.1. The molecule has 1 fully saturated rings. The SMILES string of the molecule is Cc1cc2c3c(cnc2cn1)N(C)C(=O)C31CCC1. The molecule has 0 bridgehead atoms. The molecule has 1 aliphatic heterocycles. The standard InChI is InChI=1S/C15H15N3O/c1-9-6-10-11(7-16-9)17-8-12-13(10)15(4-3-5-15)14(19)18(12)2/h6-8H,3-5H2,1-2H3. The van der Waals surface area contributed by atoms with Crippen molar-refractivity contribution < 1.29 is 4.79 Å². The van der Waals surface area contributed by atoms with Crippen molar-refractivity contribution in [2.24, 2.45) is 0 Å². The fourth-order valence-electron chi connectivity index (χ4n) is 3.48. The first-order chi connectivity index (χ1) is 9.13. The van der Waals surface area contributed by atoms with E-state index in [0.717, 1.165) is 41.5 Å². The van der Waals surface area contributed by atoms with E-state index in [9.17, 15) is 4.79 Å². The van der Waals surface area contributed by atoms with Crippen LogP contribution in [0.2, 0.25) is 0 Å². The molecule has 0 N–H and O–H groups in total. The van der Waals surface area contributed by atoms with Crippen molar-refractivity contribution in [1.82, 2.24) is 9.97 Å². The van der Waals surface area contributed by atoms with E-state index in [1.807, 2.05) is 20.2 Å². The molecule has 4 heteroatoms. The van der Waals surface area contributed by atoms with E-state index < -0.39 is 0 Å². The lowest BCUT2D eigenvalue weighted by atomic mass is 9.64. The lowest BCUT2D eigenvalue weighted by molar-refractivity contribution is -0.125. The largest absolute Gasteiger partial charge is 0.313 e. The first kappa shape index (κ1) is 10.9. The third-order valence-electron chi connectivity index (χ3n) is 4.63. The summed E-state index contributed by atoms with van der Waals surface area (Å²) in [7, 11) is 1.86. The predicted octanol–water partition coefficient (Wildman–Crippen LogP) is 2.34. The van der Waals surface area contributed by atoms with Crippen molar-refractivity contribution in [2.45, 2.75) is 31.6 Å². The molecule has 1 saturated carbocycles. The zero-order chi connectivity index (χ0) is 13.2. The van der Waals surface area contributed by atoms with Crippen molar-refractivity contribution in [2.75, 3.05) is 11.9 Å². The number of aryl methyl sites for hydroxylation is 1. The molecule has 1 spiro atoms. The van der Waals surface area contributed by atoms with Gasteiger partial charge in [0.2, 0.25) is 5.91 Å². The lowest BCUT2D eigenvalue weighted by Crippen LogP contribution is -2.43. The van der Waals surface area contributed by atoms with Gasteiger partial charge in [0.05, 0.1) is 29.0 Å². The molecule has 0 saturated heterocycles. The van der Waals surface area contributed by atoms with Crippen LogP contribution in [-0.4, -0.2) is 22.9 Å². The second-order valence-electron chi connectivity index (χ2n) is 5.66. The van der Waals surface area contributed by atoms with Gasteiger partial charge < -0.3 is 4.90 Å². The van der Waals surface area contributed by atoms with E-state index in [1.165, 1.54) is 5.56 Å². The molecule has 4 rings (SSSR count). The van der Waals surface area contributed by atoms with Crippen molar-refractivity contribution in [1.29, 1.82) is 0 Å². The Morgan fingerprint density at radius 2 is 2.05 bits per heavy atom. The molecule has 0 atom stereocenters. The van der Waals surface area contributed by atoms with E-state index in [4.69, 9.17) is 0 Å². The number of hydrogen-bond acceptors (Lipinski definition) is 3. The van der Waals surface area contributed by atoms with Crippen LogP contribution in [0, 0.1) is 6.92 Å². The van der Waals surface area contributed by atoms with Gasteiger partial charge in [0, 0.05) is 23.7 Å². The average Bonchev–Trinajstić information content (AvgIpc) is 2.59. The molecule has 96 valence electrons. The molecule has 2 aromatic rings. The first-order valence-electron chi connectivity index (χ1n) is 6.67. The summed E-state index contributed by atoms with van der Waals surface area (Å²) in [6.45, 7) is 1.98. The molecule has 0 unspecified atom stereocenters. The van der Waals surface area contributed by atoms with Crippen LogP contribution in [0.1, 0.15) is 30.5 Å². The molecule has 19 heavy (non-hydrogen) atoms. The number of nitrogens with zero attached hydrogens (tertiary/aromatic N) is 3. The predicted molar refractivity (Wildman–Crippen MR) is 73.2 cm³/mol.